The maximum atomic E-state index is 4.46. The molecule has 0 aromatic carbocycles. The first-order valence-corrected chi connectivity index (χ1v) is 7.30. The third-order valence-corrected chi connectivity index (χ3v) is 3.85. The number of piperazine rings is 1. The van der Waals surface area contributed by atoms with Crippen LogP contribution in [0.15, 0.2) is 22.8 Å². The van der Waals surface area contributed by atoms with Gasteiger partial charge < -0.3 is 10.6 Å². The predicted molar refractivity (Wildman–Crippen MR) is 78.5 cm³/mol. The Morgan fingerprint density at radius 3 is 3.00 bits per heavy atom. The van der Waals surface area contributed by atoms with Gasteiger partial charge in [-0.1, -0.05) is 0 Å². The molecular formula is C12H17BrN6. The molecule has 2 aromatic rings. The Bertz CT molecular complexity index is 548. The van der Waals surface area contributed by atoms with Crippen LogP contribution < -0.4 is 10.6 Å². The quantitative estimate of drug-likeness (QED) is 0.871. The minimum absolute atomic E-state index is 0.682. The molecule has 3 heterocycles. The Morgan fingerprint density at radius 1 is 1.37 bits per heavy atom. The molecule has 0 aliphatic carbocycles. The second-order valence-corrected chi connectivity index (χ2v) is 5.43. The summed E-state index contributed by atoms with van der Waals surface area (Å²) in [6.07, 6.45) is 1.90. The van der Waals surface area contributed by atoms with E-state index in [0.29, 0.717) is 5.95 Å². The van der Waals surface area contributed by atoms with E-state index in [4.69, 9.17) is 0 Å². The monoisotopic (exact) mass is 324 g/mol. The number of pyridine rings is 1. The van der Waals surface area contributed by atoms with Gasteiger partial charge in [0.2, 0.25) is 5.95 Å². The summed E-state index contributed by atoms with van der Waals surface area (Å²) < 4.78 is 2.73. The van der Waals surface area contributed by atoms with Crippen molar-refractivity contribution in [3.8, 4) is 0 Å². The van der Waals surface area contributed by atoms with E-state index < -0.39 is 0 Å². The van der Waals surface area contributed by atoms with Crippen molar-refractivity contribution in [2.24, 2.45) is 0 Å². The van der Waals surface area contributed by atoms with Gasteiger partial charge >= 0.3 is 0 Å². The zero-order valence-electron chi connectivity index (χ0n) is 10.6. The van der Waals surface area contributed by atoms with Crippen molar-refractivity contribution in [2.45, 2.75) is 0 Å². The molecule has 0 amide bonds. The van der Waals surface area contributed by atoms with Gasteiger partial charge in [0.25, 0.3) is 0 Å². The first-order valence-electron chi connectivity index (χ1n) is 6.51. The lowest BCUT2D eigenvalue weighted by molar-refractivity contribution is 0.249. The fraction of sp³-hybridized carbons (Fsp3) is 0.500. The third kappa shape index (κ3) is 3.05. The zero-order chi connectivity index (χ0) is 13.1. The third-order valence-electron chi connectivity index (χ3n) is 3.24. The van der Waals surface area contributed by atoms with Gasteiger partial charge in [-0.3, -0.25) is 4.90 Å². The summed E-state index contributed by atoms with van der Waals surface area (Å²) in [5.41, 5.74) is 0.840. The number of halogens is 1. The van der Waals surface area contributed by atoms with Gasteiger partial charge in [0.15, 0.2) is 5.65 Å². The Hall–Kier alpha value is -1.18. The van der Waals surface area contributed by atoms with E-state index in [-0.39, 0.29) is 0 Å². The Kier molecular flexibility index (Phi) is 3.95. The second-order valence-electron chi connectivity index (χ2n) is 4.58. The Morgan fingerprint density at radius 2 is 2.21 bits per heavy atom. The highest BCUT2D eigenvalue weighted by Crippen LogP contribution is 2.16. The normalized spacial score (nSPS) is 16.9. The highest BCUT2D eigenvalue weighted by Gasteiger charge is 2.09. The summed E-state index contributed by atoms with van der Waals surface area (Å²) in [5.74, 6) is 0.682. The molecule has 1 aliphatic heterocycles. The van der Waals surface area contributed by atoms with Crippen molar-refractivity contribution >= 4 is 27.5 Å². The van der Waals surface area contributed by atoms with Crippen LogP contribution in [0.25, 0.3) is 5.65 Å². The van der Waals surface area contributed by atoms with Crippen molar-refractivity contribution in [1.29, 1.82) is 0 Å². The van der Waals surface area contributed by atoms with Crippen molar-refractivity contribution in [1.82, 2.24) is 24.8 Å². The molecule has 2 aromatic heterocycles. The number of hydrogen-bond donors (Lipinski definition) is 2. The summed E-state index contributed by atoms with van der Waals surface area (Å²) in [5, 5.41) is 11.0. The van der Waals surface area contributed by atoms with E-state index in [1.54, 1.807) is 4.52 Å². The van der Waals surface area contributed by atoms with Crippen molar-refractivity contribution in [2.75, 3.05) is 44.6 Å². The number of aromatic nitrogens is 3. The molecule has 1 saturated heterocycles. The van der Waals surface area contributed by atoms with Gasteiger partial charge in [0.05, 0.1) is 4.47 Å². The first-order chi connectivity index (χ1) is 9.33. The van der Waals surface area contributed by atoms with Gasteiger partial charge in [-0.2, -0.15) is 4.98 Å². The van der Waals surface area contributed by atoms with Crippen molar-refractivity contribution in [3.63, 3.8) is 0 Å². The van der Waals surface area contributed by atoms with E-state index in [1.807, 2.05) is 18.3 Å². The molecule has 0 radical (unpaired) electrons. The minimum Gasteiger partial charge on any atom is -0.352 e. The topological polar surface area (TPSA) is 57.5 Å². The first kappa shape index (κ1) is 12.8. The average molecular weight is 325 g/mol. The Balaban J connectivity index is 1.57. The standard InChI is InChI=1S/C12H17BrN6/c13-10-2-1-6-19-11(10)16-12(17-19)15-5-9-18-7-3-14-4-8-18/h1-2,6,14H,3-5,7-9H2,(H,15,17). The van der Waals surface area contributed by atoms with E-state index in [1.165, 1.54) is 0 Å². The molecule has 102 valence electrons. The van der Waals surface area contributed by atoms with Crippen LogP contribution in [0.1, 0.15) is 0 Å². The molecule has 0 saturated carbocycles. The van der Waals surface area contributed by atoms with Crippen LogP contribution >= 0.6 is 15.9 Å². The van der Waals surface area contributed by atoms with Gasteiger partial charge in [-0.05, 0) is 28.1 Å². The molecular weight excluding hydrogens is 308 g/mol. The van der Waals surface area contributed by atoms with Gasteiger partial charge in [-0.25, -0.2) is 4.52 Å². The molecule has 3 rings (SSSR count). The van der Waals surface area contributed by atoms with Gasteiger partial charge in [0.1, 0.15) is 0 Å². The molecule has 0 spiro atoms. The lowest BCUT2D eigenvalue weighted by atomic mass is 10.3. The van der Waals surface area contributed by atoms with Gasteiger partial charge in [-0.15, -0.1) is 5.10 Å². The summed E-state index contributed by atoms with van der Waals surface area (Å²) >= 11 is 3.47. The minimum atomic E-state index is 0.682. The van der Waals surface area contributed by atoms with Crippen molar-refractivity contribution < 1.29 is 0 Å². The summed E-state index contributed by atoms with van der Waals surface area (Å²) in [7, 11) is 0. The molecule has 2 N–H and O–H groups in total. The number of hydrogen-bond acceptors (Lipinski definition) is 5. The van der Waals surface area contributed by atoms with Crippen LogP contribution in [0.4, 0.5) is 5.95 Å². The Labute approximate surface area is 120 Å². The van der Waals surface area contributed by atoms with E-state index in [2.05, 4.69) is 41.5 Å². The highest BCUT2D eigenvalue weighted by atomic mass is 79.9. The number of nitrogens with zero attached hydrogens (tertiary/aromatic N) is 4. The molecule has 0 bridgehead atoms. The maximum Gasteiger partial charge on any atom is 0.243 e. The van der Waals surface area contributed by atoms with Crippen LogP contribution in [-0.4, -0.2) is 58.8 Å². The van der Waals surface area contributed by atoms with Crippen LogP contribution in [-0.2, 0) is 0 Å². The van der Waals surface area contributed by atoms with Gasteiger partial charge in [0, 0.05) is 45.5 Å². The number of fused-ring (bicyclic) bond motifs is 1. The molecule has 19 heavy (non-hydrogen) atoms. The summed E-state index contributed by atoms with van der Waals surface area (Å²) in [6, 6.07) is 3.91. The smallest absolute Gasteiger partial charge is 0.243 e. The SMILES string of the molecule is Brc1cccn2nc(NCCN3CCNCC3)nc12. The summed E-state index contributed by atoms with van der Waals surface area (Å²) in [4.78, 5) is 6.90. The molecule has 7 heteroatoms. The lowest BCUT2D eigenvalue weighted by Gasteiger charge is -2.26. The lowest BCUT2D eigenvalue weighted by Crippen LogP contribution is -2.45. The van der Waals surface area contributed by atoms with Crippen LogP contribution in [0.3, 0.4) is 0 Å². The molecule has 6 nitrogen and oxygen atoms in total. The fourth-order valence-electron chi connectivity index (χ4n) is 2.21. The second kappa shape index (κ2) is 5.85. The number of rotatable bonds is 4. The number of nitrogens with one attached hydrogen (secondary N) is 2. The van der Waals surface area contributed by atoms with Crippen molar-refractivity contribution in [3.05, 3.63) is 22.8 Å². The molecule has 0 unspecified atom stereocenters. The van der Waals surface area contributed by atoms with Crippen LogP contribution in [0.2, 0.25) is 0 Å². The molecule has 1 aliphatic rings. The van der Waals surface area contributed by atoms with E-state index in [9.17, 15) is 0 Å². The highest BCUT2D eigenvalue weighted by molar-refractivity contribution is 9.10. The predicted octanol–water partition coefficient (Wildman–Crippen LogP) is 0.809. The average Bonchev–Trinajstić information content (AvgIpc) is 2.84. The maximum absolute atomic E-state index is 4.46. The molecule has 0 atom stereocenters. The fourth-order valence-corrected chi connectivity index (χ4v) is 2.63. The van der Waals surface area contributed by atoms with Crippen LogP contribution in [0.5, 0.6) is 0 Å². The number of anilines is 1. The van der Waals surface area contributed by atoms with E-state index in [0.717, 1.165) is 49.4 Å². The largest absolute Gasteiger partial charge is 0.352 e. The zero-order valence-corrected chi connectivity index (χ0v) is 12.2. The van der Waals surface area contributed by atoms with Crippen LogP contribution in [0, 0.1) is 0 Å². The summed E-state index contributed by atoms with van der Waals surface area (Å²) in [6.45, 7) is 6.30. The van der Waals surface area contributed by atoms with E-state index >= 15 is 0 Å². The molecule has 1 fully saturated rings.